The van der Waals surface area contributed by atoms with Crippen molar-refractivity contribution in [3.63, 3.8) is 0 Å². The Morgan fingerprint density at radius 2 is 1.79 bits per heavy atom. The number of piperidine rings is 1. The summed E-state index contributed by atoms with van der Waals surface area (Å²) in [6.07, 6.45) is 3.26. The summed E-state index contributed by atoms with van der Waals surface area (Å²) in [6, 6.07) is 9.06. The summed E-state index contributed by atoms with van der Waals surface area (Å²) in [5, 5.41) is 2.67. The number of hydrogen-bond donors (Lipinski definition) is 1. The van der Waals surface area contributed by atoms with Gasteiger partial charge in [-0.15, -0.1) is 0 Å². The van der Waals surface area contributed by atoms with E-state index in [4.69, 9.17) is 4.74 Å². The van der Waals surface area contributed by atoms with E-state index < -0.39 is 28.9 Å². The second kappa shape index (κ2) is 9.10. The smallest absolute Gasteiger partial charge is 0.254 e. The minimum absolute atomic E-state index is 0.172. The van der Waals surface area contributed by atoms with Gasteiger partial charge in [-0.05, 0) is 44.1 Å². The SMILES string of the molecule is COc1ccccc1C(CNC(=O)c1ccc(F)c(F)c1F)N1CCCCC1. The van der Waals surface area contributed by atoms with Gasteiger partial charge in [-0.3, -0.25) is 9.69 Å². The van der Waals surface area contributed by atoms with Crippen molar-refractivity contribution < 1.29 is 22.7 Å². The lowest BCUT2D eigenvalue weighted by Crippen LogP contribution is -2.41. The van der Waals surface area contributed by atoms with Crippen LogP contribution in [0, 0.1) is 17.5 Å². The first kappa shape index (κ1) is 20.2. The topological polar surface area (TPSA) is 41.6 Å². The standard InChI is InChI=1S/C21H23F3N2O2/c1-28-18-8-4-3-7-14(18)17(26-11-5-2-6-12-26)13-25-21(27)15-9-10-16(22)20(24)19(15)23/h3-4,7-10,17H,2,5-6,11-13H2,1H3,(H,25,27). The fraction of sp³-hybridized carbons (Fsp3) is 0.381. The van der Waals surface area contributed by atoms with E-state index in [-0.39, 0.29) is 12.6 Å². The maximum Gasteiger partial charge on any atom is 0.254 e. The third-order valence-corrected chi connectivity index (χ3v) is 5.07. The summed E-state index contributed by atoms with van der Waals surface area (Å²) < 4.78 is 46.0. The van der Waals surface area contributed by atoms with Gasteiger partial charge in [0.05, 0.1) is 18.7 Å². The van der Waals surface area contributed by atoms with Crippen molar-refractivity contribution in [1.29, 1.82) is 0 Å². The van der Waals surface area contributed by atoms with Crippen LogP contribution in [-0.4, -0.2) is 37.6 Å². The Balaban J connectivity index is 1.82. The number of rotatable bonds is 6. The third kappa shape index (κ3) is 4.30. The number of nitrogens with one attached hydrogen (secondary N) is 1. The molecule has 1 unspecified atom stereocenters. The van der Waals surface area contributed by atoms with Crippen LogP contribution in [-0.2, 0) is 0 Å². The molecule has 0 aromatic heterocycles. The predicted octanol–water partition coefficient (Wildman–Crippen LogP) is 4.07. The molecule has 0 aliphatic carbocycles. The Labute approximate surface area is 162 Å². The molecule has 7 heteroatoms. The van der Waals surface area contributed by atoms with Crippen LogP contribution >= 0.6 is 0 Å². The van der Waals surface area contributed by atoms with Gasteiger partial charge in [0, 0.05) is 12.1 Å². The van der Waals surface area contributed by atoms with Gasteiger partial charge < -0.3 is 10.1 Å². The molecule has 1 N–H and O–H groups in total. The normalized spacial score (nSPS) is 15.9. The van der Waals surface area contributed by atoms with E-state index in [1.54, 1.807) is 7.11 Å². The number of halogens is 3. The van der Waals surface area contributed by atoms with Gasteiger partial charge in [0.1, 0.15) is 5.75 Å². The number of amides is 1. The molecule has 1 amide bonds. The summed E-state index contributed by atoms with van der Waals surface area (Å²) in [5.41, 5.74) is 0.397. The van der Waals surface area contributed by atoms with E-state index in [9.17, 15) is 18.0 Å². The van der Waals surface area contributed by atoms with Crippen LogP contribution in [0.1, 0.15) is 41.2 Å². The van der Waals surface area contributed by atoms with E-state index in [1.807, 2.05) is 24.3 Å². The van der Waals surface area contributed by atoms with Crippen molar-refractivity contribution >= 4 is 5.91 Å². The van der Waals surface area contributed by atoms with Gasteiger partial charge >= 0.3 is 0 Å². The number of ether oxygens (including phenoxy) is 1. The van der Waals surface area contributed by atoms with Gasteiger partial charge in [0.25, 0.3) is 5.91 Å². The number of hydrogen-bond acceptors (Lipinski definition) is 3. The molecule has 2 aromatic rings. The Morgan fingerprint density at radius 1 is 1.07 bits per heavy atom. The molecule has 0 bridgehead atoms. The van der Waals surface area contributed by atoms with E-state index in [1.165, 1.54) is 0 Å². The van der Waals surface area contributed by atoms with Crippen molar-refractivity contribution in [3.05, 3.63) is 65.0 Å². The molecule has 4 nitrogen and oxygen atoms in total. The minimum atomic E-state index is -1.65. The zero-order chi connectivity index (χ0) is 20.1. The van der Waals surface area contributed by atoms with E-state index in [2.05, 4.69) is 10.2 Å². The number of benzene rings is 2. The monoisotopic (exact) mass is 392 g/mol. The molecule has 0 spiro atoms. The van der Waals surface area contributed by atoms with Crippen molar-refractivity contribution in [1.82, 2.24) is 10.2 Å². The highest BCUT2D eigenvalue weighted by Gasteiger charge is 2.26. The van der Waals surface area contributed by atoms with Crippen molar-refractivity contribution in [3.8, 4) is 5.75 Å². The van der Waals surface area contributed by atoms with E-state index >= 15 is 0 Å². The summed E-state index contributed by atoms with van der Waals surface area (Å²) in [5.74, 6) is -4.54. The lowest BCUT2D eigenvalue weighted by Gasteiger charge is -2.35. The highest BCUT2D eigenvalue weighted by molar-refractivity contribution is 5.94. The largest absolute Gasteiger partial charge is 0.496 e. The second-order valence-corrected chi connectivity index (χ2v) is 6.79. The average molecular weight is 392 g/mol. The molecule has 1 atom stereocenters. The van der Waals surface area contributed by atoms with Crippen LogP contribution in [0.3, 0.4) is 0 Å². The quantitative estimate of drug-likeness (QED) is 0.754. The molecule has 1 saturated heterocycles. The molecule has 0 radical (unpaired) electrons. The summed E-state index contributed by atoms with van der Waals surface area (Å²) in [7, 11) is 1.58. The number of carbonyl (C=O) groups is 1. The molecule has 1 heterocycles. The Kier molecular flexibility index (Phi) is 6.57. The predicted molar refractivity (Wildman–Crippen MR) is 99.8 cm³/mol. The highest BCUT2D eigenvalue weighted by Crippen LogP contribution is 2.31. The molecule has 1 aliphatic heterocycles. The van der Waals surface area contributed by atoms with Crippen molar-refractivity contribution in [2.45, 2.75) is 25.3 Å². The van der Waals surface area contributed by atoms with E-state index in [0.29, 0.717) is 5.75 Å². The lowest BCUT2D eigenvalue weighted by atomic mass is 10.0. The number of likely N-dealkylation sites (tertiary alicyclic amines) is 1. The van der Waals surface area contributed by atoms with E-state index in [0.717, 1.165) is 50.0 Å². The highest BCUT2D eigenvalue weighted by atomic mass is 19.2. The summed E-state index contributed by atoms with van der Waals surface area (Å²) >= 11 is 0. The molecular formula is C21H23F3N2O2. The van der Waals surface area contributed by atoms with Gasteiger partial charge in [-0.1, -0.05) is 24.6 Å². The molecule has 150 valence electrons. The third-order valence-electron chi connectivity index (χ3n) is 5.07. The first-order valence-corrected chi connectivity index (χ1v) is 9.31. The molecule has 3 rings (SSSR count). The molecule has 0 saturated carbocycles. The van der Waals surface area contributed by atoms with Crippen LogP contribution in [0.15, 0.2) is 36.4 Å². The number of nitrogens with zero attached hydrogens (tertiary/aromatic N) is 1. The lowest BCUT2D eigenvalue weighted by molar-refractivity contribution is 0.0918. The van der Waals surface area contributed by atoms with Gasteiger partial charge in [0.2, 0.25) is 0 Å². The molecule has 28 heavy (non-hydrogen) atoms. The second-order valence-electron chi connectivity index (χ2n) is 6.79. The number of para-hydroxylation sites is 1. The Hall–Kier alpha value is -2.54. The number of methoxy groups -OCH3 is 1. The average Bonchev–Trinajstić information content (AvgIpc) is 2.73. The van der Waals surface area contributed by atoms with Crippen molar-refractivity contribution in [2.24, 2.45) is 0 Å². The molecule has 1 aliphatic rings. The minimum Gasteiger partial charge on any atom is -0.496 e. The first-order valence-electron chi connectivity index (χ1n) is 9.31. The van der Waals surface area contributed by atoms with Crippen LogP contribution in [0.2, 0.25) is 0 Å². The zero-order valence-electron chi connectivity index (χ0n) is 15.7. The van der Waals surface area contributed by atoms with Crippen molar-refractivity contribution in [2.75, 3.05) is 26.7 Å². The maximum atomic E-state index is 13.9. The summed E-state index contributed by atoms with van der Waals surface area (Å²) in [6.45, 7) is 1.94. The first-order chi connectivity index (χ1) is 13.5. The fourth-order valence-electron chi connectivity index (χ4n) is 3.59. The molecule has 2 aromatic carbocycles. The number of carbonyl (C=O) groups excluding carboxylic acids is 1. The molecule has 1 fully saturated rings. The van der Waals surface area contributed by atoms with Gasteiger partial charge in [0.15, 0.2) is 17.5 Å². The summed E-state index contributed by atoms with van der Waals surface area (Å²) in [4.78, 5) is 14.7. The molecular weight excluding hydrogens is 369 g/mol. The fourth-order valence-corrected chi connectivity index (χ4v) is 3.59. The van der Waals surface area contributed by atoms with Crippen LogP contribution < -0.4 is 10.1 Å². The Bertz CT molecular complexity index is 838. The Morgan fingerprint density at radius 3 is 2.50 bits per heavy atom. The van der Waals surface area contributed by atoms with Gasteiger partial charge in [-0.25, -0.2) is 13.2 Å². The van der Waals surface area contributed by atoms with Crippen LogP contribution in [0.5, 0.6) is 5.75 Å². The van der Waals surface area contributed by atoms with Gasteiger partial charge in [-0.2, -0.15) is 0 Å². The van der Waals surface area contributed by atoms with Crippen LogP contribution in [0.4, 0.5) is 13.2 Å². The van der Waals surface area contributed by atoms with Crippen LogP contribution in [0.25, 0.3) is 0 Å². The zero-order valence-corrected chi connectivity index (χ0v) is 15.7. The maximum absolute atomic E-state index is 13.9.